The van der Waals surface area contributed by atoms with Gasteiger partial charge in [-0.2, -0.15) is 0 Å². The van der Waals surface area contributed by atoms with E-state index in [9.17, 15) is 9.59 Å². The van der Waals surface area contributed by atoms with E-state index in [1.54, 1.807) is 4.57 Å². The minimum absolute atomic E-state index is 0.0285. The van der Waals surface area contributed by atoms with Crippen LogP contribution in [-0.2, 0) is 11.3 Å². The summed E-state index contributed by atoms with van der Waals surface area (Å²) < 4.78 is 2.80. The summed E-state index contributed by atoms with van der Waals surface area (Å²) in [5.41, 5.74) is 3.14. The summed E-state index contributed by atoms with van der Waals surface area (Å²) in [6.07, 6.45) is 3.90. The first-order valence-corrected chi connectivity index (χ1v) is 14.0. The summed E-state index contributed by atoms with van der Waals surface area (Å²) in [7, 11) is 0. The number of benzene rings is 2. The minimum Gasteiger partial charge on any atom is -0.325 e. The number of thioether (sulfide) groups is 1. The number of hydrogen-bond acceptors (Lipinski definition) is 4. The Balaban J connectivity index is 1.37. The topological polar surface area (TPSA) is 51.1 Å². The van der Waals surface area contributed by atoms with Crippen molar-refractivity contribution in [2.24, 2.45) is 17.8 Å². The molecule has 2 fully saturated rings. The third-order valence-electron chi connectivity index (χ3n) is 7.50. The molecule has 0 radical (unpaired) electrons. The van der Waals surface area contributed by atoms with Crippen molar-refractivity contribution >= 4 is 50.6 Å². The molecule has 1 amide bonds. The fourth-order valence-corrected chi connectivity index (χ4v) is 9.80. The molecule has 0 saturated heterocycles. The minimum atomic E-state index is -0.155. The van der Waals surface area contributed by atoms with Crippen LogP contribution in [-0.4, -0.2) is 15.7 Å². The van der Waals surface area contributed by atoms with E-state index in [4.69, 9.17) is 0 Å². The van der Waals surface area contributed by atoms with E-state index in [-0.39, 0.29) is 23.2 Å². The number of fused-ring (bicyclic) bond motifs is 6. The number of halogens is 1. The molecular formula is C26H25BrN2O2S2. The Morgan fingerprint density at radius 1 is 1.15 bits per heavy atom. The van der Waals surface area contributed by atoms with Gasteiger partial charge < -0.3 is 5.32 Å². The maximum absolute atomic E-state index is 13.2. The van der Waals surface area contributed by atoms with Gasteiger partial charge in [-0.1, -0.05) is 51.5 Å². The lowest BCUT2D eigenvalue weighted by Crippen LogP contribution is -2.34. The van der Waals surface area contributed by atoms with Crippen LogP contribution in [0.1, 0.15) is 41.2 Å². The quantitative estimate of drug-likeness (QED) is 0.424. The number of anilines is 1. The molecule has 1 aromatic heterocycles. The smallest absolute Gasteiger partial charge is 0.308 e. The van der Waals surface area contributed by atoms with Crippen LogP contribution in [0.2, 0.25) is 0 Å². The van der Waals surface area contributed by atoms with Gasteiger partial charge in [0.05, 0.1) is 5.03 Å². The van der Waals surface area contributed by atoms with Crippen molar-refractivity contribution in [1.29, 1.82) is 0 Å². The van der Waals surface area contributed by atoms with Crippen LogP contribution in [0.15, 0.2) is 62.8 Å². The van der Waals surface area contributed by atoms with Gasteiger partial charge in [0.2, 0.25) is 5.91 Å². The highest BCUT2D eigenvalue weighted by atomic mass is 79.9. The second-order valence-corrected chi connectivity index (χ2v) is 12.6. The molecule has 3 aromatic rings. The normalized spacial score (nSPS) is 27.3. The highest BCUT2D eigenvalue weighted by molar-refractivity contribution is 9.10. The molecule has 3 aliphatic rings. The van der Waals surface area contributed by atoms with Crippen molar-refractivity contribution in [1.82, 2.24) is 4.57 Å². The first-order valence-electron chi connectivity index (χ1n) is 11.5. The van der Waals surface area contributed by atoms with Crippen molar-refractivity contribution in [3.8, 4) is 0 Å². The van der Waals surface area contributed by atoms with Crippen molar-refractivity contribution in [2.45, 2.75) is 48.9 Å². The van der Waals surface area contributed by atoms with Crippen LogP contribution >= 0.6 is 39.0 Å². The summed E-state index contributed by atoms with van der Waals surface area (Å²) in [5, 5.41) is 4.51. The summed E-state index contributed by atoms with van der Waals surface area (Å²) >= 11 is 6.87. The molecule has 0 spiro atoms. The van der Waals surface area contributed by atoms with Gasteiger partial charge in [-0.25, -0.2) is 0 Å². The van der Waals surface area contributed by atoms with E-state index in [1.807, 2.05) is 43.0 Å². The molecule has 2 heterocycles. The number of aromatic nitrogens is 1. The van der Waals surface area contributed by atoms with Crippen LogP contribution in [0.3, 0.4) is 0 Å². The molecule has 2 saturated carbocycles. The highest BCUT2D eigenvalue weighted by Crippen LogP contribution is 2.64. The first kappa shape index (κ1) is 21.7. The van der Waals surface area contributed by atoms with Crippen LogP contribution < -0.4 is 10.2 Å². The molecule has 7 heteroatoms. The predicted molar refractivity (Wildman–Crippen MR) is 138 cm³/mol. The summed E-state index contributed by atoms with van der Waals surface area (Å²) in [6.45, 7) is 2.06. The number of amides is 1. The Kier molecular flexibility index (Phi) is 5.54. The van der Waals surface area contributed by atoms with Gasteiger partial charge in [0.25, 0.3) is 0 Å². The number of hydrogen-bond donors (Lipinski definition) is 1. The standard InChI is InChI=1S/C26H25BrN2O2S2/c1-14-4-2-7-19(10-14)28-20(30)13-29-25-24(33-26(29)31)22(15-5-3-6-18(27)12-15)21-16-8-9-17(11-16)23(21)32-25/h2-7,10,12,16-17,21-23H,8-9,11,13H2,1H3,(H,28,30)/t16-,17-,21-,22-,23+/m0/s1. The Morgan fingerprint density at radius 3 is 2.79 bits per heavy atom. The first-order chi connectivity index (χ1) is 16.0. The Labute approximate surface area is 209 Å². The second-order valence-electron chi connectivity index (χ2n) is 9.57. The van der Waals surface area contributed by atoms with Crippen LogP contribution in [0.25, 0.3) is 0 Å². The van der Waals surface area contributed by atoms with Crippen molar-refractivity contribution in [2.75, 3.05) is 5.32 Å². The van der Waals surface area contributed by atoms with E-state index in [0.29, 0.717) is 11.2 Å². The van der Waals surface area contributed by atoms with Gasteiger partial charge in [0.15, 0.2) is 0 Å². The zero-order chi connectivity index (χ0) is 22.7. The lowest BCUT2D eigenvalue weighted by molar-refractivity contribution is -0.116. The van der Waals surface area contributed by atoms with Gasteiger partial charge in [-0.3, -0.25) is 14.2 Å². The highest BCUT2D eigenvalue weighted by Gasteiger charge is 2.55. The van der Waals surface area contributed by atoms with E-state index >= 15 is 0 Å². The molecule has 2 bridgehead atoms. The molecule has 170 valence electrons. The largest absolute Gasteiger partial charge is 0.325 e. The van der Waals surface area contributed by atoms with E-state index in [1.165, 1.54) is 36.2 Å². The molecule has 4 nitrogen and oxygen atoms in total. The summed E-state index contributed by atoms with van der Waals surface area (Å²) in [6, 6.07) is 16.3. The molecule has 0 unspecified atom stereocenters. The number of thiazole rings is 1. The van der Waals surface area contributed by atoms with Gasteiger partial charge in [0.1, 0.15) is 6.54 Å². The zero-order valence-corrected chi connectivity index (χ0v) is 21.5. The van der Waals surface area contributed by atoms with E-state index < -0.39 is 0 Å². The van der Waals surface area contributed by atoms with Crippen LogP contribution in [0, 0.1) is 24.7 Å². The van der Waals surface area contributed by atoms with Gasteiger partial charge in [-0.15, -0.1) is 11.8 Å². The molecule has 5 atom stereocenters. The average Bonchev–Trinajstić information content (AvgIpc) is 3.47. The molecule has 1 aliphatic heterocycles. The monoisotopic (exact) mass is 540 g/mol. The lowest BCUT2D eigenvalue weighted by Gasteiger charge is -2.40. The average molecular weight is 542 g/mol. The number of carbonyl (C=O) groups is 1. The number of nitrogens with zero attached hydrogens (tertiary/aromatic N) is 1. The van der Waals surface area contributed by atoms with Gasteiger partial charge in [0, 0.05) is 26.2 Å². The van der Waals surface area contributed by atoms with Crippen molar-refractivity contribution in [3.63, 3.8) is 0 Å². The number of aryl methyl sites for hydroxylation is 1. The second kappa shape index (κ2) is 8.43. The molecule has 2 aliphatic carbocycles. The third kappa shape index (κ3) is 3.82. The Hall–Kier alpha value is -1.83. The van der Waals surface area contributed by atoms with E-state index in [2.05, 4.69) is 45.5 Å². The number of carbonyl (C=O) groups excluding carboxylic acids is 1. The molecule has 1 N–H and O–H groups in total. The van der Waals surface area contributed by atoms with Gasteiger partial charge >= 0.3 is 4.87 Å². The maximum atomic E-state index is 13.2. The molecule has 33 heavy (non-hydrogen) atoms. The SMILES string of the molecule is Cc1cccc(NC(=O)Cn2c3c(sc2=O)[C@@H](c2cccc(Br)c2)[C@@H]2[C@H]4CC[C@@H](C4)[C@H]2S3)c1. The fourth-order valence-electron chi connectivity index (χ4n) is 6.23. The van der Waals surface area contributed by atoms with Crippen molar-refractivity contribution in [3.05, 3.63) is 78.7 Å². The zero-order valence-electron chi connectivity index (χ0n) is 18.3. The van der Waals surface area contributed by atoms with Crippen LogP contribution in [0.5, 0.6) is 0 Å². The number of nitrogens with one attached hydrogen (secondary N) is 1. The maximum Gasteiger partial charge on any atom is 0.308 e. The van der Waals surface area contributed by atoms with E-state index in [0.717, 1.165) is 37.5 Å². The molecular weight excluding hydrogens is 516 g/mol. The third-order valence-corrected chi connectivity index (χ3v) is 10.8. The lowest BCUT2D eigenvalue weighted by atomic mass is 9.75. The predicted octanol–water partition coefficient (Wildman–Crippen LogP) is 6.27. The van der Waals surface area contributed by atoms with Crippen LogP contribution in [0.4, 0.5) is 5.69 Å². The fraction of sp³-hybridized carbons (Fsp3) is 0.385. The Bertz CT molecular complexity index is 1300. The Morgan fingerprint density at radius 2 is 1.97 bits per heavy atom. The van der Waals surface area contributed by atoms with Gasteiger partial charge in [-0.05, 0) is 79.3 Å². The number of rotatable bonds is 4. The molecule has 6 rings (SSSR count). The summed E-state index contributed by atoms with van der Waals surface area (Å²) in [4.78, 5) is 27.2. The molecule has 2 aromatic carbocycles. The van der Waals surface area contributed by atoms with Crippen molar-refractivity contribution < 1.29 is 4.79 Å². The summed E-state index contributed by atoms with van der Waals surface area (Å²) in [5.74, 6) is 2.11.